The molecule has 0 aliphatic carbocycles. The van der Waals surface area contributed by atoms with Crippen molar-refractivity contribution in [3.63, 3.8) is 0 Å². The fraction of sp³-hybridized carbons (Fsp3) is 0.0556. The van der Waals surface area contributed by atoms with Gasteiger partial charge in [-0.3, -0.25) is 0 Å². The van der Waals surface area contributed by atoms with Crippen molar-refractivity contribution < 1.29 is 14.6 Å². The molecule has 6 nitrogen and oxygen atoms in total. The maximum atomic E-state index is 10.9. The molecule has 1 heterocycles. The largest absolute Gasteiger partial charge is 0.497 e. The van der Waals surface area contributed by atoms with Crippen LogP contribution < -0.4 is 4.74 Å². The van der Waals surface area contributed by atoms with Crippen LogP contribution in [0, 0.1) is 11.3 Å². The molecular weight excluding hydrogens is 306 g/mol. The van der Waals surface area contributed by atoms with Gasteiger partial charge in [0.05, 0.1) is 18.7 Å². The van der Waals surface area contributed by atoms with Gasteiger partial charge in [0, 0.05) is 11.9 Å². The number of methoxy groups -OCH3 is 1. The molecule has 0 fully saturated rings. The van der Waals surface area contributed by atoms with Crippen molar-refractivity contribution in [2.24, 2.45) is 0 Å². The van der Waals surface area contributed by atoms with Crippen LogP contribution in [0.2, 0.25) is 0 Å². The third-order valence-electron chi connectivity index (χ3n) is 3.62. The van der Waals surface area contributed by atoms with Crippen LogP contribution >= 0.6 is 0 Å². The zero-order valence-corrected chi connectivity index (χ0v) is 12.8. The fourth-order valence-corrected chi connectivity index (χ4v) is 2.38. The van der Waals surface area contributed by atoms with Gasteiger partial charge in [-0.1, -0.05) is 18.2 Å². The summed E-state index contributed by atoms with van der Waals surface area (Å²) >= 11 is 0. The summed E-state index contributed by atoms with van der Waals surface area (Å²) in [6.45, 7) is 0. The van der Waals surface area contributed by atoms with Crippen molar-refractivity contribution >= 4 is 5.97 Å². The van der Waals surface area contributed by atoms with Gasteiger partial charge in [-0.15, -0.1) is 0 Å². The normalized spacial score (nSPS) is 10.2. The fourth-order valence-electron chi connectivity index (χ4n) is 2.38. The van der Waals surface area contributed by atoms with Crippen molar-refractivity contribution in [3.05, 3.63) is 66.2 Å². The minimum absolute atomic E-state index is 0.0484. The molecular formula is C18H13N3O3. The van der Waals surface area contributed by atoms with Crippen LogP contribution in [-0.4, -0.2) is 27.7 Å². The number of nitriles is 1. The first-order valence-electron chi connectivity index (χ1n) is 7.08. The summed E-state index contributed by atoms with van der Waals surface area (Å²) < 4.78 is 6.71. The van der Waals surface area contributed by atoms with E-state index in [9.17, 15) is 10.1 Å². The molecule has 0 saturated heterocycles. The Morgan fingerprint density at radius 2 is 2.00 bits per heavy atom. The van der Waals surface area contributed by atoms with Gasteiger partial charge in [-0.25, -0.2) is 9.78 Å². The highest BCUT2D eigenvalue weighted by Gasteiger charge is 2.10. The quantitative estimate of drug-likeness (QED) is 0.798. The Labute approximate surface area is 138 Å². The number of rotatable bonds is 4. The molecule has 2 aromatic carbocycles. The van der Waals surface area contributed by atoms with Crippen LogP contribution in [0.5, 0.6) is 5.75 Å². The predicted octanol–water partition coefficient (Wildman–Crippen LogP) is 3.12. The number of carboxylic acids is 1. The van der Waals surface area contributed by atoms with Gasteiger partial charge in [-0.2, -0.15) is 5.26 Å². The molecule has 0 spiro atoms. The maximum Gasteiger partial charge on any atom is 0.356 e. The third-order valence-corrected chi connectivity index (χ3v) is 3.62. The van der Waals surface area contributed by atoms with E-state index in [1.165, 1.54) is 12.5 Å². The van der Waals surface area contributed by atoms with Gasteiger partial charge in [0.25, 0.3) is 0 Å². The summed E-state index contributed by atoms with van der Waals surface area (Å²) in [5.74, 6) is -0.349. The van der Waals surface area contributed by atoms with E-state index in [0.29, 0.717) is 11.3 Å². The summed E-state index contributed by atoms with van der Waals surface area (Å²) in [6.07, 6.45) is 2.82. The van der Waals surface area contributed by atoms with Gasteiger partial charge in [0.1, 0.15) is 12.1 Å². The summed E-state index contributed by atoms with van der Waals surface area (Å²) in [7, 11) is 1.60. The van der Waals surface area contributed by atoms with E-state index in [2.05, 4.69) is 11.1 Å². The van der Waals surface area contributed by atoms with Crippen LogP contribution in [0.3, 0.4) is 0 Å². The molecule has 6 heteroatoms. The predicted molar refractivity (Wildman–Crippen MR) is 87.2 cm³/mol. The molecule has 0 atom stereocenters. The molecule has 24 heavy (non-hydrogen) atoms. The summed E-state index contributed by atoms with van der Waals surface area (Å²) in [4.78, 5) is 14.7. The number of benzene rings is 2. The summed E-state index contributed by atoms with van der Waals surface area (Å²) in [5.41, 5.74) is 2.80. The molecule has 0 unspecified atom stereocenters. The highest BCUT2D eigenvalue weighted by molar-refractivity contribution is 5.85. The van der Waals surface area contributed by atoms with Crippen molar-refractivity contribution in [2.45, 2.75) is 0 Å². The van der Waals surface area contributed by atoms with Crippen LogP contribution in [0.1, 0.15) is 16.1 Å². The average molecular weight is 319 g/mol. The van der Waals surface area contributed by atoms with Gasteiger partial charge >= 0.3 is 5.97 Å². The minimum Gasteiger partial charge on any atom is -0.497 e. The van der Waals surface area contributed by atoms with Crippen molar-refractivity contribution in [1.82, 2.24) is 9.55 Å². The molecule has 3 aromatic rings. The van der Waals surface area contributed by atoms with Crippen LogP contribution in [0.4, 0.5) is 0 Å². The molecule has 0 aliphatic heterocycles. The number of aromatic nitrogens is 2. The Morgan fingerprint density at radius 3 is 2.58 bits per heavy atom. The monoisotopic (exact) mass is 319 g/mol. The van der Waals surface area contributed by atoms with E-state index >= 15 is 0 Å². The minimum atomic E-state index is -1.09. The zero-order chi connectivity index (χ0) is 17.1. The van der Waals surface area contributed by atoms with E-state index in [4.69, 9.17) is 9.84 Å². The maximum absolute atomic E-state index is 10.9. The molecule has 0 bridgehead atoms. The standard InChI is InChI=1S/C18H13N3O3/c1-24-15-5-2-12(3-6-15)16-7-4-14(8-13(16)9-19)21-10-17(18(22)23)20-11-21/h2-8,10-11H,1H3,(H,22,23). The molecule has 118 valence electrons. The number of hydrogen-bond donors (Lipinski definition) is 1. The Morgan fingerprint density at radius 1 is 1.25 bits per heavy atom. The number of nitrogens with zero attached hydrogens (tertiary/aromatic N) is 3. The molecule has 1 aromatic heterocycles. The second kappa shape index (κ2) is 6.26. The number of imidazole rings is 1. The third kappa shape index (κ3) is 2.83. The number of carbonyl (C=O) groups is 1. The number of ether oxygens (including phenoxy) is 1. The Balaban J connectivity index is 2.01. The first kappa shape index (κ1) is 15.3. The second-order valence-electron chi connectivity index (χ2n) is 5.04. The first-order chi connectivity index (χ1) is 11.6. The Bertz CT molecular complexity index is 937. The average Bonchev–Trinajstić information content (AvgIpc) is 3.12. The van der Waals surface area contributed by atoms with E-state index in [1.54, 1.807) is 17.7 Å². The lowest BCUT2D eigenvalue weighted by molar-refractivity contribution is 0.0691. The first-order valence-corrected chi connectivity index (χ1v) is 7.08. The number of aromatic carboxylic acids is 1. The smallest absolute Gasteiger partial charge is 0.356 e. The molecule has 0 saturated carbocycles. The lowest BCUT2D eigenvalue weighted by atomic mass is 9.99. The topological polar surface area (TPSA) is 88.1 Å². The number of hydrogen-bond acceptors (Lipinski definition) is 4. The van der Waals surface area contributed by atoms with Crippen molar-refractivity contribution in [2.75, 3.05) is 7.11 Å². The highest BCUT2D eigenvalue weighted by atomic mass is 16.5. The van der Waals surface area contributed by atoms with Crippen molar-refractivity contribution in [3.8, 4) is 28.6 Å². The lowest BCUT2D eigenvalue weighted by Gasteiger charge is -2.08. The number of carboxylic acid groups (broad SMARTS) is 1. The molecule has 3 rings (SSSR count). The van der Waals surface area contributed by atoms with E-state index in [0.717, 1.165) is 16.9 Å². The Hall–Kier alpha value is -3.59. The van der Waals surface area contributed by atoms with Gasteiger partial charge < -0.3 is 14.4 Å². The lowest BCUT2D eigenvalue weighted by Crippen LogP contribution is -1.96. The van der Waals surface area contributed by atoms with Crippen LogP contribution in [-0.2, 0) is 0 Å². The summed E-state index contributed by atoms with van der Waals surface area (Å²) in [5, 5.41) is 18.4. The second-order valence-corrected chi connectivity index (χ2v) is 5.04. The zero-order valence-electron chi connectivity index (χ0n) is 12.8. The van der Waals surface area contributed by atoms with Gasteiger partial charge in [0.15, 0.2) is 5.69 Å². The van der Waals surface area contributed by atoms with E-state index < -0.39 is 5.97 Å². The summed E-state index contributed by atoms with van der Waals surface area (Å²) in [6, 6.07) is 15.0. The van der Waals surface area contributed by atoms with Gasteiger partial charge in [-0.05, 0) is 35.4 Å². The van der Waals surface area contributed by atoms with Crippen molar-refractivity contribution in [1.29, 1.82) is 5.26 Å². The van der Waals surface area contributed by atoms with E-state index in [-0.39, 0.29) is 5.69 Å². The van der Waals surface area contributed by atoms with Crippen LogP contribution in [0.25, 0.3) is 16.8 Å². The Kier molecular flexibility index (Phi) is 4.00. The molecule has 1 N–H and O–H groups in total. The highest BCUT2D eigenvalue weighted by Crippen LogP contribution is 2.27. The van der Waals surface area contributed by atoms with E-state index in [1.807, 2.05) is 36.4 Å². The molecule has 0 amide bonds. The van der Waals surface area contributed by atoms with Gasteiger partial charge in [0.2, 0.25) is 0 Å². The van der Waals surface area contributed by atoms with Crippen LogP contribution in [0.15, 0.2) is 55.0 Å². The molecule has 0 aliphatic rings. The SMILES string of the molecule is COc1ccc(-c2ccc(-n3cnc(C(=O)O)c3)cc2C#N)cc1. The molecule has 0 radical (unpaired) electrons.